The summed E-state index contributed by atoms with van der Waals surface area (Å²) in [6.45, 7) is 8.91. The first-order valence-corrected chi connectivity index (χ1v) is 6.44. The molecule has 1 nitrogen and oxygen atoms in total. The molecule has 2 unspecified atom stereocenters. The first-order valence-electron chi connectivity index (χ1n) is 6.06. The van der Waals surface area contributed by atoms with Gasteiger partial charge in [0.15, 0.2) is 0 Å². The quantitative estimate of drug-likeness (QED) is 0.802. The molecule has 0 saturated carbocycles. The molecule has 16 heavy (non-hydrogen) atoms. The van der Waals surface area contributed by atoms with E-state index in [1.807, 2.05) is 12.1 Å². The zero-order chi connectivity index (χ0) is 12.1. The normalized spacial score (nSPS) is 15.1. The summed E-state index contributed by atoms with van der Waals surface area (Å²) in [5, 5.41) is 4.47. The van der Waals surface area contributed by atoms with Crippen molar-refractivity contribution in [2.24, 2.45) is 5.92 Å². The minimum Gasteiger partial charge on any atom is -0.307 e. The highest BCUT2D eigenvalue weighted by Crippen LogP contribution is 2.21. The highest BCUT2D eigenvalue weighted by molar-refractivity contribution is 6.30. The summed E-state index contributed by atoms with van der Waals surface area (Å²) < 4.78 is 0. The number of benzene rings is 1. The van der Waals surface area contributed by atoms with Gasteiger partial charge in [-0.2, -0.15) is 0 Å². The first-order chi connectivity index (χ1) is 7.54. The molecule has 0 aliphatic carbocycles. The summed E-state index contributed by atoms with van der Waals surface area (Å²) in [6.07, 6.45) is 1.08. The minimum atomic E-state index is 0.399. The van der Waals surface area contributed by atoms with E-state index in [9.17, 15) is 0 Å². The van der Waals surface area contributed by atoms with Gasteiger partial charge in [-0.3, -0.25) is 0 Å². The summed E-state index contributed by atoms with van der Waals surface area (Å²) in [4.78, 5) is 0. The van der Waals surface area contributed by atoms with Crippen LogP contribution in [0.1, 0.15) is 45.7 Å². The molecule has 0 bridgehead atoms. The summed E-state index contributed by atoms with van der Waals surface area (Å²) in [5.41, 5.74) is 1.28. The molecule has 0 saturated heterocycles. The Morgan fingerprint density at radius 3 is 2.44 bits per heavy atom. The Kier molecular flexibility index (Phi) is 5.30. The van der Waals surface area contributed by atoms with Gasteiger partial charge >= 0.3 is 0 Å². The molecular formula is C14H22ClN. The van der Waals surface area contributed by atoms with Gasteiger partial charge in [0.2, 0.25) is 0 Å². The molecule has 0 heterocycles. The van der Waals surface area contributed by atoms with Gasteiger partial charge in [-0.05, 0) is 37.0 Å². The predicted molar refractivity (Wildman–Crippen MR) is 71.9 cm³/mol. The maximum absolute atomic E-state index is 6.02. The fraction of sp³-hybridized carbons (Fsp3) is 0.571. The molecule has 1 N–H and O–H groups in total. The SMILES string of the molecule is CCC(NC(C)C(C)C)c1cccc(Cl)c1. The summed E-state index contributed by atoms with van der Waals surface area (Å²) in [6, 6.07) is 9.04. The second kappa shape index (κ2) is 6.27. The highest BCUT2D eigenvalue weighted by atomic mass is 35.5. The van der Waals surface area contributed by atoms with Gasteiger partial charge in [-0.1, -0.05) is 44.5 Å². The molecule has 1 aromatic carbocycles. The van der Waals surface area contributed by atoms with Crippen molar-refractivity contribution in [3.05, 3.63) is 34.9 Å². The molecular weight excluding hydrogens is 218 g/mol. The second-order valence-electron chi connectivity index (χ2n) is 4.72. The largest absolute Gasteiger partial charge is 0.307 e. The van der Waals surface area contributed by atoms with Gasteiger partial charge < -0.3 is 5.32 Å². The lowest BCUT2D eigenvalue weighted by Crippen LogP contribution is -2.34. The molecule has 0 amide bonds. The fourth-order valence-electron chi connectivity index (χ4n) is 1.68. The van der Waals surface area contributed by atoms with Gasteiger partial charge in [0.05, 0.1) is 0 Å². The monoisotopic (exact) mass is 239 g/mol. The number of rotatable bonds is 5. The Morgan fingerprint density at radius 2 is 1.94 bits per heavy atom. The zero-order valence-electron chi connectivity index (χ0n) is 10.6. The lowest BCUT2D eigenvalue weighted by molar-refractivity contribution is 0.370. The van der Waals surface area contributed by atoms with E-state index in [1.54, 1.807) is 0 Å². The molecule has 0 aliphatic rings. The Balaban J connectivity index is 2.74. The summed E-state index contributed by atoms with van der Waals surface area (Å²) in [7, 11) is 0. The Hall–Kier alpha value is -0.530. The van der Waals surface area contributed by atoms with Crippen molar-refractivity contribution < 1.29 is 0 Å². The maximum Gasteiger partial charge on any atom is 0.0409 e. The van der Waals surface area contributed by atoms with E-state index >= 15 is 0 Å². The van der Waals surface area contributed by atoms with Gasteiger partial charge in [-0.25, -0.2) is 0 Å². The van der Waals surface area contributed by atoms with Gasteiger partial charge in [0, 0.05) is 17.1 Å². The lowest BCUT2D eigenvalue weighted by Gasteiger charge is -2.25. The van der Waals surface area contributed by atoms with E-state index in [1.165, 1.54) is 5.56 Å². The van der Waals surface area contributed by atoms with Crippen LogP contribution in [-0.4, -0.2) is 6.04 Å². The molecule has 1 rings (SSSR count). The van der Waals surface area contributed by atoms with Crippen LogP contribution in [0.3, 0.4) is 0 Å². The van der Waals surface area contributed by atoms with Crippen LogP contribution in [0, 0.1) is 5.92 Å². The predicted octanol–water partition coefficient (Wildman–Crippen LogP) is 4.43. The topological polar surface area (TPSA) is 12.0 Å². The molecule has 2 heteroatoms. The molecule has 2 atom stereocenters. The van der Waals surface area contributed by atoms with Gasteiger partial charge in [-0.15, -0.1) is 0 Å². The van der Waals surface area contributed by atoms with Crippen molar-refractivity contribution in [3.8, 4) is 0 Å². The smallest absolute Gasteiger partial charge is 0.0409 e. The lowest BCUT2D eigenvalue weighted by atomic mass is 10.00. The summed E-state index contributed by atoms with van der Waals surface area (Å²) in [5.74, 6) is 0.647. The van der Waals surface area contributed by atoms with Gasteiger partial charge in [0.25, 0.3) is 0 Å². The Labute approximate surface area is 104 Å². The number of hydrogen-bond acceptors (Lipinski definition) is 1. The van der Waals surface area contributed by atoms with Crippen molar-refractivity contribution in [1.82, 2.24) is 5.32 Å². The molecule has 90 valence electrons. The molecule has 0 fully saturated rings. The molecule has 0 radical (unpaired) electrons. The van der Waals surface area contributed by atoms with Crippen LogP contribution in [0.15, 0.2) is 24.3 Å². The third-order valence-corrected chi connectivity index (χ3v) is 3.36. The molecule has 1 aromatic rings. The third kappa shape index (κ3) is 3.80. The van der Waals surface area contributed by atoms with Crippen LogP contribution in [0.4, 0.5) is 0 Å². The van der Waals surface area contributed by atoms with Gasteiger partial charge in [0.1, 0.15) is 0 Å². The number of hydrogen-bond donors (Lipinski definition) is 1. The van der Waals surface area contributed by atoms with Crippen LogP contribution < -0.4 is 5.32 Å². The van der Waals surface area contributed by atoms with Crippen molar-refractivity contribution in [3.63, 3.8) is 0 Å². The fourth-order valence-corrected chi connectivity index (χ4v) is 1.88. The summed E-state index contributed by atoms with van der Waals surface area (Å²) >= 11 is 6.02. The molecule has 0 aromatic heterocycles. The minimum absolute atomic E-state index is 0.399. The van der Waals surface area contributed by atoms with E-state index in [4.69, 9.17) is 11.6 Å². The van der Waals surface area contributed by atoms with Crippen LogP contribution in [0.2, 0.25) is 5.02 Å². The number of nitrogens with one attached hydrogen (secondary N) is 1. The zero-order valence-corrected chi connectivity index (χ0v) is 11.4. The Bertz CT molecular complexity index is 322. The van der Waals surface area contributed by atoms with E-state index in [0.29, 0.717) is 18.0 Å². The van der Waals surface area contributed by atoms with Crippen molar-refractivity contribution in [2.45, 2.75) is 46.2 Å². The second-order valence-corrected chi connectivity index (χ2v) is 5.15. The van der Waals surface area contributed by atoms with E-state index < -0.39 is 0 Å². The van der Waals surface area contributed by atoms with E-state index in [0.717, 1.165) is 11.4 Å². The Morgan fingerprint density at radius 1 is 1.25 bits per heavy atom. The average molecular weight is 240 g/mol. The molecule has 0 aliphatic heterocycles. The van der Waals surface area contributed by atoms with Crippen molar-refractivity contribution >= 4 is 11.6 Å². The average Bonchev–Trinajstić information content (AvgIpc) is 2.25. The van der Waals surface area contributed by atoms with Crippen LogP contribution >= 0.6 is 11.6 Å². The van der Waals surface area contributed by atoms with Crippen LogP contribution in [-0.2, 0) is 0 Å². The van der Waals surface area contributed by atoms with Crippen molar-refractivity contribution in [2.75, 3.05) is 0 Å². The standard InChI is InChI=1S/C14H22ClN/c1-5-14(16-11(4)10(2)3)12-7-6-8-13(15)9-12/h6-11,14,16H,5H2,1-4H3. The number of halogens is 1. The third-order valence-electron chi connectivity index (χ3n) is 3.12. The maximum atomic E-state index is 6.02. The molecule has 0 spiro atoms. The van der Waals surface area contributed by atoms with Crippen LogP contribution in [0.25, 0.3) is 0 Å². The van der Waals surface area contributed by atoms with E-state index in [2.05, 4.69) is 45.1 Å². The van der Waals surface area contributed by atoms with Crippen molar-refractivity contribution in [1.29, 1.82) is 0 Å². The van der Waals surface area contributed by atoms with E-state index in [-0.39, 0.29) is 0 Å². The first kappa shape index (κ1) is 13.5. The van der Waals surface area contributed by atoms with Crippen LogP contribution in [0.5, 0.6) is 0 Å². The highest BCUT2D eigenvalue weighted by Gasteiger charge is 2.14.